The summed E-state index contributed by atoms with van der Waals surface area (Å²) in [7, 11) is 0. The molecule has 1 aromatic rings. The number of rotatable bonds is 4. The van der Waals surface area contributed by atoms with Gasteiger partial charge in [-0.15, -0.1) is 0 Å². The maximum Gasteiger partial charge on any atom is 0.269 e. The van der Waals surface area contributed by atoms with Crippen molar-refractivity contribution >= 4 is 5.91 Å². The highest BCUT2D eigenvalue weighted by atomic mass is 16.5. The first-order chi connectivity index (χ1) is 7.81. The van der Waals surface area contributed by atoms with Gasteiger partial charge in [-0.3, -0.25) is 9.48 Å². The van der Waals surface area contributed by atoms with E-state index in [4.69, 9.17) is 4.74 Å². The molecular formula is C11H17N3O2. The van der Waals surface area contributed by atoms with Crippen LogP contribution in [0.3, 0.4) is 0 Å². The van der Waals surface area contributed by atoms with Crippen LogP contribution >= 0.6 is 0 Å². The molecule has 2 heterocycles. The monoisotopic (exact) mass is 223 g/mol. The zero-order valence-corrected chi connectivity index (χ0v) is 9.48. The van der Waals surface area contributed by atoms with Crippen LogP contribution in [0.25, 0.3) is 0 Å². The zero-order chi connectivity index (χ0) is 11.4. The number of nitrogens with zero attached hydrogens (tertiary/aromatic N) is 2. The lowest BCUT2D eigenvalue weighted by Crippen LogP contribution is -2.33. The van der Waals surface area contributed by atoms with Gasteiger partial charge in [0.05, 0.1) is 6.10 Å². The number of aryl methyl sites for hydroxylation is 1. The van der Waals surface area contributed by atoms with Crippen molar-refractivity contribution in [3.8, 4) is 0 Å². The molecule has 0 aromatic carbocycles. The van der Waals surface area contributed by atoms with Gasteiger partial charge >= 0.3 is 0 Å². The molecule has 5 heteroatoms. The second kappa shape index (κ2) is 5.12. The van der Waals surface area contributed by atoms with Crippen LogP contribution in [0.15, 0.2) is 12.3 Å². The summed E-state index contributed by atoms with van der Waals surface area (Å²) in [6.45, 7) is 4.07. The average molecular weight is 223 g/mol. The minimum absolute atomic E-state index is 0.0742. The molecule has 1 atom stereocenters. The Morgan fingerprint density at radius 1 is 1.75 bits per heavy atom. The smallest absolute Gasteiger partial charge is 0.269 e. The summed E-state index contributed by atoms with van der Waals surface area (Å²) in [5, 5.41) is 6.94. The molecule has 0 aliphatic carbocycles. The van der Waals surface area contributed by atoms with Crippen molar-refractivity contribution in [2.75, 3.05) is 13.2 Å². The summed E-state index contributed by atoms with van der Waals surface area (Å²) in [6.07, 6.45) is 3.95. The highest BCUT2D eigenvalue weighted by Crippen LogP contribution is 2.10. The molecule has 1 fully saturated rings. The van der Waals surface area contributed by atoms with Crippen LogP contribution in [0.5, 0.6) is 0 Å². The molecular weight excluding hydrogens is 206 g/mol. The number of hydrogen-bond donors (Lipinski definition) is 1. The van der Waals surface area contributed by atoms with Crippen molar-refractivity contribution in [2.45, 2.75) is 32.4 Å². The van der Waals surface area contributed by atoms with Gasteiger partial charge in [0.2, 0.25) is 0 Å². The summed E-state index contributed by atoms with van der Waals surface area (Å²) < 4.78 is 7.13. The van der Waals surface area contributed by atoms with Gasteiger partial charge in [-0.1, -0.05) is 0 Å². The van der Waals surface area contributed by atoms with E-state index in [1.54, 1.807) is 16.9 Å². The number of carbonyl (C=O) groups excluding carboxylic acids is 1. The van der Waals surface area contributed by atoms with Crippen molar-refractivity contribution < 1.29 is 9.53 Å². The third-order valence-corrected chi connectivity index (χ3v) is 2.76. The Labute approximate surface area is 94.8 Å². The molecule has 88 valence electrons. The molecule has 0 unspecified atom stereocenters. The predicted octanol–water partition coefficient (Wildman–Crippen LogP) is 0.812. The second-order valence-electron chi connectivity index (χ2n) is 3.88. The number of ether oxygens (including phenoxy) is 1. The molecule has 2 rings (SSSR count). The largest absolute Gasteiger partial charge is 0.376 e. The number of amides is 1. The molecule has 0 saturated carbocycles. The van der Waals surface area contributed by atoms with E-state index < -0.39 is 0 Å². The summed E-state index contributed by atoms with van der Waals surface area (Å²) in [5.41, 5.74) is 0.612. The Hall–Kier alpha value is -1.36. The SMILES string of the molecule is CCn1nccc1C(=O)NC[C@H]1CCCO1. The summed E-state index contributed by atoms with van der Waals surface area (Å²) >= 11 is 0. The maximum absolute atomic E-state index is 11.8. The van der Waals surface area contributed by atoms with Gasteiger partial charge in [0.15, 0.2) is 0 Å². The molecule has 1 N–H and O–H groups in total. The van der Waals surface area contributed by atoms with E-state index in [9.17, 15) is 4.79 Å². The molecule has 1 amide bonds. The van der Waals surface area contributed by atoms with Crippen molar-refractivity contribution in [1.82, 2.24) is 15.1 Å². The molecule has 5 nitrogen and oxygen atoms in total. The first kappa shape index (κ1) is 11.1. The van der Waals surface area contributed by atoms with Gasteiger partial charge in [-0.05, 0) is 25.8 Å². The molecule has 0 radical (unpaired) electrons. The van der Waals surface area contributed by atoms with E-state index in [1.165, 1.54) is 0 Å². The Morgan fingerprint density at radius 3 is 3.31 bits per heavy atom. The fraction of sp³-hybridized carbons (Fsp3) is 0.636. The Bertz CT molecular complexity index is 356. The van der Waals surface area contributed by atoms with E-state index in [0.29, 0.717) is 18.8 Å². The zero-order valence-electron chi connectivity index (χ0n) is 9.48. The van der Waals surface area contributed by atoms with E-state index >= 15 is 0 Å². The van der Waals surface area contributed by atoms with Crippen molar-refractivity contribution in [3.05, 3.63) is 18.0 Å². The predicted molar refractivity (Wildman–Crippen MR) is 59.2 cm³/mol. The fourth-order valence-electron chi connectivity index (χ4n) is 1.88. The molecule has 0 spiro atoms. The van der Waals surface area contributed by atoms with Gasteiger partial charge in [-0.25, -0.2) is 0 Å². The summed E-state index contributed by atoms with van der Waals surface area (Å²) in [4.78, 5) is 11.8. The van der Waals surface area contributed by atoms with Crippen molar-refractivity contribution in [1.29, 1.82) is 0 Å². The number of hydrogen-bond acceptors (Lipinski definition) is 3. The van der Waals surface area contributed by atoms with Gasteiger partial charge in [0, 0.05) is 25.9 Å². The van der Waals surface area contributed by atoms with E-state index in [-0.39, 0.29) is 12.0 Å². The highest BCUT2D eigenvalue weighted by Gasteiger charge is 2.17. The van der Waals surface area contributed by atoms with Crippen LogP contribution in [0.1, 0.15) is 30.3 Å². The fourth-order valence-corrected chi connectivity index (χ4v) is 1.88. The van der Waals surface area contributed by atoms with Crippen molar-refractivity contribution in [3.63, 3.8) is 0 Å². The van der Waals surface area contributed by atoms with Crippen LogP contribution in [-0.2, 0) is 11.3 Å². The van der Waals surface area contributed by atoms with Crippen LogP contribution in [0.2, 0.25) is 0 Å². The molecule has 0 bridgehead atoms. The second-order valence-corrected chi connectivity index (χ2v) is 3.88. The van der Waals surface area contributed by atoms with Gasteiger partial charge in [-0.2, -0.15) is 5.10 Å². The Kier molecular flexibility index (Phi) is 3.56. The van der Waals surface area contributed by atoms with Gasteiger partial charge in [0.1, 0.15) is 5.69 Å². The minimum atomic E-state index is -0.0742. The molecule has 16 heavy (non-hydrogen) atoms. The third kappa shape index (κ3) is 2.41. The van der Waals surface area contributed by atoms with Crippen molar-refractivity contribution in [2.24, 2.45) is 0 Å². The topological polar surface area (TPSA) is 56.2 Å². The summed E-state index contributed by atoms with van der Waals surface area (Å²) in [5.74, 6) is -0.0742. The highest BCUT2D eigenvalue weighted by molar-refractivity contribution is 5.92. The standard InChI is InChI=1S/C11H17N3O2/c1-2-14-10(5-6-13-14)11(15)12-8-9-4-3-7-16-9/h5-6,9H,2-4,7-8H2,1H3,(H,12,15)/t9-/m1/s1. The minimum Gasteiger partial charge on any atom is -0.376 e. The Balaban J connectivity index is 1.87. The molecule has 1 aromatic heterocycles. The van der Waals surface area contributed by atoms with Crippen LogP contribution < -0.4 is 5.32 Å². The number of nitrogens with one attached hydrogen (secondary N) is 1. The first-order valence-corrected chi connectivity index (χ1v) is 5.73. The lowest BCUT2D eigenvalue weighted by molar-refractivity contribution is 0.0849. The van der Waals surface area contributed by atoms with E-state index in [0.717, 1.165) is 19.4 Å². The average Bonchev–Trinajstić information content (AvgIpc) is 2.96. The quantitative estimate of drug-likeness (QED) is 0.822. The van der Waals surface area contributed by atoms with E-state index in [2.05, 4.69) is 10.4 Å². The number of carbonyl (C=O) groups is 1. The summed E-state index contributed by atoms with van der Waals surface area (Å²) in [6, 6.07) is 1.73. The molecule has 1 aliphatic heterocycles. The third-order valence-electron chi connectivity index (χ3n) is 2.76. The molecule has 1 aliphatic rings. The lowest BCUT2D eigenvalue weighted by Gasteiger charge is -2.11. The number of aromatic nitrogens is 2. The van der Waals surface area contributed by atoms with Gasteiger partial charge in [0.25, 0.3) is 5.91 Å². The van der Waals surface area contributed by atoms with Crippen LogP contribution in [0, 0.1) is 0 Å². The molecule has 1 saturated heterocycles. The van der Waals surface area contributed by atoms with Gasteiger partial charge < -0.3 is 10.1 Å². The van der Waals surface area contributed by atoms with E-state index in [1.807, 2.05) is 6.92 Å². The maximum atomic E-state index is 11.8. The lowest BCUT2D eigenvalue weighted by atomic mass is 10.2. The normalized spacial score (nSPS) is 19.9. The van der Waals surface area contributed by atoms with Crippen LogP contribution in [-0.4, -0.2) is 34.9 Å². The first-order valence-electron chi connectivity index (χ1n) is 5.73. The Morgan fingerprint density at radius 2 is 2.62 bits per heavy atom. The van der Waals surface area contributed by atoms with Crippen LogP contribution in [0.4, 0.5) is 0 Å².